The van der Waals surface area contributed by atoms with Gasteiger partial charge in [-0.1, -0.05) is 19.4 Å². The first-order chi connectivity index (χ1) is 15.1. The van der Waals surface area contributed by atoms with Gasteiger partial charge in [0, 0.05) is 43.8 Å². The molecule has 0 bridgehead atoms. The highest BCUT2D eigenvalue weighted by molar-refractivity contribution is 7.21. The van der Waals surface area contributed by atoms with Gasteiger partial charge >= 0.3 is 0 Å². The van der Waals surface area contributed by atoms with Gasteiger partial charge in [-0.05, 0) is 36.2 Å². The molecule has 3 aromatic rings. The second kappa shape index (κ2) is 8.36. The van der Waals surface area contributed by atoms with E-state index in [-0.39, 0.29) is 12.7 Å². The van der Waals surface area contributed by atoms with Crippen molar-refractivity contribution in [2.75, 3.05) is 38.7 Å². The Morgan fingerprint density at radius 1 is 1.13 bits per heavy atom. The smallest absolute Gasteiger partial charge is 0.266 e. The first kappa shape index (κ1) is 20.1. The number of ether oxygens (including phenoxy) is 2. The number of nitrogens with zero attached hydrogens (tertiary/aromatic N) is 3. The quantitative estimate of drug-likeness (QED) is 0.657. The number of aryl methyl sites for hydroxylation is 1. The van der Waals surface area contributed by atoms with Crippen LogP contribution in [0.5, 0.6) is 11.5 Å². The van der Waals surface area contributed by atoms with E-state index in [4.69, 9.17) is 20.2 Å². The molecule has 0 unspecified atom stereocenters. The predicted octanol–water partition coefficient (Wildman–Crippen LogP) is 3.52. The van der Waals surface area contributed by atoms with Crippen molar-refractivity contribution >= 4 is 33.1 Å². The molecule has 2 aliphatic heterocycles. The van der Waals surface area contributed by atoms with E-state index < -0.39 is 0 Å². The van der Waals surface area contributed by atoms with Crippen LogP contribution in [0.4, 0.5) is 5.69 Å². The minimum absolute atomic E-state index is 0.0141. The molecule has 0 spiro atoms. The molecule has 1 amide bonds. The van der Waals surface area contributed by atoms with E-state index in [2.05, 4.69) is 17.9 Å². The molecule has 1 fully saturated rings. The van der Waals surface area contributed by atoms with Gasteiger partial charge < -0.3 is 20.1 Å². The Hall–Kier alpha value is -2.84. The first-order valence-corrected chi connectivity index (χ1v) is 11.5. The van der Waals surface area contributed by atoms with Gasteiger partial charge in [0.2, 0.25) is 6.79 Å². The summed E-state index contributed by atoms with van der Waals surface area (Å²) in [7, 11) is 0. The number of fused-ring (bicyclic) bond motifs is 2. The van der Waals surface area contributed by atoms with Crippen LogP contribution in [0.1, 0.15) is 34.3 Å². The molecule has 1 aromatic carbocycles. The zero-order valence-corrected chi connectivity index (χ0v) is 18.4. The van der Waals surface area contributed by atoms with Crippen molar-refractivity contribution in [1.82, 2.24) is 14.8 Å². The third-order valence-electron chi connectivity index (χ3n) is 5.85. The van der Waals surface area contributed by atoms with Crippen LogP contribution in [-0.4, -0.2) is 53.7 Å². The first-order valence-electron chi connectivity index (χ1n) is 10.7. The summed E-state index contributed by atoms with van der Waals surface area (Å²) < 4.78 is 10.9. The standard InChI is InChI=1S/C23H26N4O3S/c1-2-3-16-5-6-17-20(24)21(31-22(17)25-16)23(28)27-10-8-26(9-11-27)13-15-4-7-18-19(12-15)30-14-29-18/h4-7,12H,2-3,8-11,13-14,24H2,1H3. The van der Waals surface area contributed by atoms with Crippen molar-refractivity contribution < 1.29 is 14.3 Å². The maximum atomic E-state index is 13.2. The zero-order chi connectivity index (χ0) is 21.4. The fraction of sp³-hybridized carbons (Fsp3) is 0.391. The van der Waals surface area contributed by atoms with Gasteiger partial charge in [-0.25, -0.2) is 4.98 Å². The fourth-order valence-electron chi connectivity index (χ4n) is 4.14. The molecule has 7 nitrogen and oxygen atoms in total. The fourth-order valence-corrected chi connectivity index (χ4v) is 5.22. The van der Waals surface area contributed by atoms with Crippen LogP contribution in [0.15, 0.2) is 30.3 Å². The summed E-state index contributed by atoms with van der Waals surface area (Å²) in [4.78, 5) is 23.6. The Balaban J connectivity index is 1.24. The van der Waals surface area contributed by atoms with Gasteiger partial charge in [0.1, 0.15) is 9.71 Å². The number of anilines is 1. The maximum absolute atomic E-state index is 13.2. The Labute approximate surface area is 185 Å². The number of hydrogen-bond donors (Lipinski definition) is 1. The lowest BCUT2D eigenvalue weighted by atomic mass is 10.1. The number of thiophene rings is 1. The van der Waals surface area contributed by atoms with Crippen LogP contribution in [0, 0.1) is 0 Å². The van der Waals surface area contributed by atoms with Gasteiger partial charge in [0.25, 0.3) is 5.91 Å². The summed E-state index contributed by atoms with van der Waals surface area (Å²) in [6.07, 6.45) is 1.98. The molecule has 0 radical (unpaired) electrons. The van der Waals surface area contributed by atoms with E-state index in [1.165, 1.54) is 16.9 Å². The van der Waals surface area contributed by atoms with Crippen molar-refractivity contribution in [2.45, 2.75) is 26.3 Å². The number of benzene rings is 1. The molecule has 0 saturated carbocycles. The number of pyridine rings is 1. The van der Waals surface area contributed by atoms with E-state index in [9.17, 15) is 4.79 Å². The van der Waals surface area contributed by atoms with E-state index in [0.29, 0.717) is 23.7 Å². The van der Waals surface area contributed by atoms with E-state index in [1.54, 1.807) is 0 Å². The number of hydrogen-bond acceptors (Lipinski definition) is 7. The Bertz CT molecular complexity index is 1120. The molecule has 5 rings (SSSR count). The lowest BCUT2D eigenvalue weighted by Gasteiger charge is -2.34. The van der Waals surface area contributed by atoms with Gasteiger partial charge in [-0.3, -0.25) is 9.69 Å². The number of rotatable bonds is 5. The van der Waals surface area contributed by atoms with Gasteiger partial charge in [-0.15, -0.1) is 11.3 Å². The molecule has 1 saturated heterocycles. The third kappa shape index (κ3) is 3.93. The van der Waals surface area contributed by atoms with Crippen molar-refractivity contribution in [3.8, 4) is 11.5 Å². The van der Waals surface area contributed by atoms with Crippen molar-refractivity contribution in [2.24, 2.45) is 0 Å². The van der Waals surface area contributed by atoms with Crippen molar-refractivity contribution in [3.63, 3.8) is 0 Å². The molecule has 4 heterocycles. The average molecular weight is 439 g/mol. The SMILES string of the molecule is CCCc1ccc2c(N)c(C(=O)N3CCN(Cc4ccc5c(c4)OCO5)CC3)sc2n1. The van der Waals surface area contributed by atoms with Crippen LogP contribution in [0.25, 0.3) is 10.2 Å². The minimum Gasteiger partial charge on any atom is -0.454 e. The molecule has 162 valence electrons. The molecule has 2 aromatic heterocycles. The number of carbonyl (C=O) groups excluding carboxylic acids is 1. The zero-order valence-electron chi connectivity index (χ0n) is 17.6. The molecular weight excluding hydrogens is 412 g/mol. The van der Waals surface area contributed by atoms with Gasteiger partial charge in [0.05, 0.1) is 5.69 Å². The minimum atomic E-state index is 0.0141. The molecule has 8 heteroatoms. The van der Waals surface area contributed by atoms with Crippen molar-refractivity contribution in [3.05, 3.63) is 46.5 Å². The summed E-state index contributed by atoms with van der Waals surface area (Å²) in [5.41, 5.74) is 9.13. The highest BCUT2D eigenvalue weighted by Gasteiger charge is 2.26. The Morgan fingerprint density at radius 3 is 2.74 bits per heavy atom. The third-order valence-corrected chi connectivity index (χ3v) is 6.96. The van der Waals surface area contributed by atoms with Crippen molar-refractivity contribution in [1.29, 1.82) is 0 Å². The summed E-state index contributed by atoms with van der Waals surface area (Å²) in [6, 6.07) is 10.1. The van der Waals surface area contributed by atoms with Gasteiger partial charge in [-0.2, -0.15) is 0 Å². The van der Waals surface area contributed by atoms with Crippen LogP contribution in [0.3, 0.4) is 0 Å². The largest absolute Gasteiger partial charge is 0.454 e. The van der Waals surface area contributed by atoms with E-state index >= 15 is 0 Å². The van der Waals surface area contributed by atoms with Crippen LogP contribution >= 0.6 is 11.3 Å². The number of aromatic nitrogens is 1. The number of nitrogens with two attached hydrogens (primary N) is 1. The molecule has 31 heavy (non-hydrogen) atoms. The molecule has 2 aliphatic rings. The highest BCUT2D eigenvalue weighted by Crippen LogP contribution is 2.34. The number of piperazine rings is 1. The normalized spacial score (nSPS) is 16.2. The lowest BCUT2D eigenvalue weighted by molar-refractivity contribution is 0.0634. The van der Waals surface area contributed by atoms with Crippen LogP contribution in [0.2, 0.25) is 0 Å². The summed E-state index contributed by atoms with van der Waals surface area (Å²) in [6.45, 7) is 6.27. The second-order valence-electron chi connectivity index (χ2n) is 8.01. The summed E-state index contributed by atoms with van der Waals surface area (Å²) in [5, 5.41) is 0.884. The molecule has 0 aliphatic carbocycles. The van der Waals surface area contributed by atoms with E-state index in [0.717, 1.165) is 59.9 Å². The predicted molar refractivity (Wildman–Crippen MR) is 122 cm³/mol. The monoisotopic (exact) mass is 438 g/mol. The van der Waals surface area contributed by atoms with Crippen LogP contribution in [-0.2, 0) is 13.0 Å². The molecule has 0 atom stereocenters. The van der Waals surface area contributed by atoms with E-state index in [1.807, 2.05) is 29.2 Å². The number of carbonyl (C=O) groups is 1. The number of amides is 1. The summed E-state index contributed by atoms with van der Waals surface area (Å²) in [5.74, 6) is 1.62. The topological polar surface area (TPSA) is 80.9 Å². The number of nitrogen functional groups attached to an aromatic ring is 1. The highest BCUT2D eigenvalue weighted by atomic mass is 32.1. The molecular formula is C23H26N4O3S. The van der Waals surface area contributed by atoms with Crippen LogP contribution < -0.4 is 15.2 Å². The lowest BCUT2D eigenvalue weighted by Crippen LogP contribution is -2.48. The molecule has 2 N–H and O–H groups in total. The maximum Gasteiger partial charge on any atom is 0.266 e. The Kier molecular flexibility index (Phi) is 5.41. The second-order valence-corrected chi connectivity index (χ2v) is 9.01. The Morgan fingerprint density at radius 2 is 1.94 bits per heavy atom. The average Bonchev–Trinajstić information content (AvgIpc) is 3.38. The van der Waals surface area contributed by atoms with Gasteiger partial charge in [0.15, 0.2) is 11.5 Å². The summed E-state index contributed by atoms with van der Waals surface area (Å²) >= 11 is 1.41.